The minimum absolute atomic E-state index is 0.00211. The third-order valence-corrected chi connectivity index (χ3v) is 6.28. The fourth-order valence-corrected chi connectivity index (χ4v) is 4.78. The van der Waals surface area contributed by atoms with Crippen LogP contribution < -0.4 is 9.64 Å². The van der Waals surface area contributed by atoms with Crippen molar-refractivity contribution in [3.05, 3.63) is 24.3 Å². The molecule has 2 rings (SSSR count). The number of amides is 1. The molecule has 0 aliphatic carbocycles. The molecule has 1 aliphatic heterocycles. The molecule has 1 saturated heterocycles. The lowest BCUT2D eigenvalue weighted by molar-refractivity contribution is -0.131. The van der Waals surface area contributed by atoms with Crippen LogP contribution in [0, 0.1) is 0 Å². The van der Waals surface area contributed by atoms with Gasteiger partial charge < -0.3 is 14.5 Å². The summed E-state index contributed by atoms with van der Waals surface area (Å²) in [5, 5.41) is 0. The van der Waals surface area contributed by atoms with Crippen molar-refractivity contribution in [2.24, 2.45) is 0 Å². The number of rotatable bonds is 6. The van der Waals surface area contributed by atoms with Crippen molar-refractivity contribution in [3.63, 3.8) is 0 Å². The Kier molecular flexibility index (Phi) is 6.75. The molecule has 0 spiro atoms. The van der Waals surface area contributed by atoms with Crippen LogP contribution in [-0.4, -0.2) is 75.2 Å². The Bertz CT molecular complexity index is 733. The maximum atomic E-state index is 12.6. The lowest BCUT2D eigenvalue weighted by atomic mass is 10.1. The summed E-state index contributed by atoms with van der Waals surface area (Å²) in [5.41, 5.74) is 0.569. The summed E-state index contributed by atoms with van der Waals surface area (Å²) in [5.74, 6) is 0.823. The molecule has 7 nitrogen and oxygen atoms in total. The number of anilines is 1. The van der Waals surface area contributed by atoms with Gasteiger partial charge in [0.2, 0.25) is 15.9 Å². The van der Waals surface area contributed by atoms with Crippen LogP contribution in [0.15, 0.2) is 24.3 Å². The standard InChI is InChI=1S/C19H31N3O4S/c1-19(2,3)22(27(5,24)25)11-10-18(23)21-14-12-20(13-15-21)16-6-8-17(26-4)9-7-16/h6-9H,10-15H2,1-5H3. The highest BCUT2D eigenvalue weighted by molar-refractivity contribution is 7.88. The van der Waals surface area contributed by atoms with Gasteiger partial charge in [0, 0.05) is 50.4 Å². The van der Waals surface area contributed by atoms with E-state index >= 15 is 0 Å². The van der Waals surface area contributed by atoms with Crippen LogP contribution in [-0.2, 0) is 14.8 Å². The van der Waals surface area contributed by atoms with E-state index in [1.54, 1.807) is 7.11 Å². The first-order valence-corrected chi connectivity index (χ1v) is 11.0. The number of hydrogen-bond donors (Lipinski definition) is 0. The van der Waals surface area contributed by atoms with E-state index in [2.05, 4.69) is 4.90 Å². The Labute approximate surface area is 162 Å². The number of piperazine rings is 1. The molecule has 0 saturated carbocycles. The minimum Gasteiger partial charge on any atom is -0.497 e. The molecule has 0 atom stereocenters. The van der Waals surface area contributed by atoms with Crippen molar-refractivity contribution in [2.45, 2.75) is 32.7 Å². The molecule has 1 heterocycles. The van der Waals surface area contributed by atoms with Crippen molar-refractivity contribution in [2.75, 3.05) is 51.0 Å². The first-order valence-electron chi connectivity index (χ1n) is 9.17. The van der Waals surface area contributed by atoms with Crippen molar-refractivity contribution in [3.8, 4) is 5.75 Å². The number of carbonyl (C=O) groups is 1. The second kappa shape index (κ2) is 8.48. The zero-order valence-corrected chi connectivity index (χ0v) is 17.8. The van der Waals surface area contributed by atoms with E-state index in [4.69, 9.17) is 4.74 Å². The van der Waals surface area contributed by atoms with E-state index in [0.29, 0.717) is 13.1 Å². The van der Waals surface area contributed by atoms with Crippen LogP contribution in [0.3, 0.4) is 0 Å². The summed E-state index contributed by atoms with van der Waals surface area (Å²) in [6, 6.07) is 7.89. The third kappa shape index (κ3) is 5.84. The van der Waals surface area contributed by atoms with E-state index < -0.39 is 15.6 Å². The van der Waals surface area contributed by atoms with Gasteiger partial charge >= 0.3 is 0 Å². The SMILES string of the molecule is COc1ccc(N2CCN(C(=O)CCN(C(C)(C)C)S(C)(=O)=O)CC2)cc1. The molecule has 1 aromatic carbocycles. The third-order valence-electron chi connectivity index (χ3n) is 4.75. The Hall–Kier alpha value is -1.80. The van der Waals surface area contributed by atoms with Gasteiger partial charge in [0.25, 0.3) is 0 Å². The maximum absolute atomic E-state index is 12.6. The number of sulfonamides is 1. The monoisotopic (exact) mass is 397 g/mol. The first kappa shape index (κ1) is 21.5. The number of benzene rings is 1. The predicted octanol–water partition coefficient (Wildman–Crippen LogP) is 1.79. The Morgan fingerprint density at radius 1 is 1.11 bits per heavy atom. The van der Waals surface area contributed by atoms with Crippen LogP contribution in [0.4, 0.5) is 5.69 Å². The zero-order chi connectivity index (χ0) is 20.2. The fourth-order valence-electron chi connectivity index (χ4n) is 3.36. The predicted molar refractivity (Wildman–Crippen MR) is 108 cm³/mol. The van der Waals surface area contributed by atoms with Crippen molar-refractivity contribution >= 4 is 21.6 Å². The molecule has 1 aliphatic rings. The highest BCUT2D eigenvalue weighted by Gasteiger charge is 2.30. The highest BCUT2D eigenvalue weighted by Crippen LogP contribution is 2.21. The molecule has 1 aromatic rings. The first-order chi connectivity index (χ1) is 12.5. The average Bonchev–Trinajstić information content (AvgIpc) is 2.59. The number of hydrogen-bond acceptors (Lipinski definition) is 5. The smallest absolute Gasteiger partial charge is 0.224 e. The normalized spacial score (nSPS) is 15.9. The largest absolute Gasteiger partial charge is 0.497 e. The van der Waals surface area contributed by atoms with E-state index in [1.807, 2.05) is 49.9 Å². The number of nitrogens with zero attached hydrogens (tertiary/aromatic N) is 3. The summed E-state index contributed by atoms with van der Waals surface area (Å²) in [6.07, 6.45) is 1.39. The van der Waals surface area contributed by atoms with Gasteiger partial charge in [-0.05, 0) is 45.0 Å². The van der Waals surface area contributed by atoms with E-state index in [1.165, 1.54) is 10.6 Å². The quantitative estimate of drug-likeness (QED) is 0.732. The number of ether oxygens (including phenoxy) is 1. The summed E-state index contributed by atoms with van der Waals surface area (Å²) in [4.78, 5) is 16.6. The van der Waals surface area contributed by atoms with Gasteiger partial charge in [-0.3, -0.25) is 4.79 Å². The van der Waals surface area contributed by atoms with Gasteiger partial charge in [-0.15, -0.1) is 0 Å². The molecular formula is C19H31N3O4S. The van der Waals surface area contributed by atoms with Gasteiger partial charge in [0.1, 0.15) is 5.75 Å². The van der Waals surface area contributed by atoms with E-state index in [0.717, 1.165) is 24.5 Å². The zero-order valence-electron chi connectivity index (χ0n) is 16.9. The van der Waals surface area contributed by atoms with Crippen LogP contribution in [0.2, 0.25) is 0 Å². The molecule has 0 bridgehead atoms. The molecule has 27 heavy (non-hydrogen) atoms. The van der Waals surface area contributed by atoms with Gasteiger partial charge in [-0.25, -0.2) is 8.42 Å². The second-order valence-electron chi connectivity index (χ2n) is 7.82. The van der Waals surface area contributed by atoms with Crippen molar-refractivity contribution < 1.29 is 17.9 Å². The van der Waals surface area contributed by atoms with Crippen LogP contribution in [0.5, 0.6) is 5.75 Å². The molecular weight excluding hydrogens is 366 g/mol. The minimum atomic E-state index is -3.36. The van der Waals surface area contributed by atoms with Crippen LogP contribution in [0.25, 0.3) is 0 Å². The molecule has 8 heteroatoms. The number of methoxy groups -OCH3 is 1. The Morgan fingerprint density at radius 3 is 2.11 bits per heavy atom. The number of carbonyl (C=O) groups excluding carboxylic acids is 1. The van der Waals surface area contributed by atoms with Gasteiger partial charge in [0.15, 0.2) is 0 Å². The Morgan fingerprint density at radius 2 is 1.67 bits per heavy atom. The summed E-state index contributed by atoms with van der Waals surface area (Å²) >= 11 is 0. The van der Waals surface area contributed by atoms with Crippen LogP contribution >= 0.6 is 0 Å². The fraction of sp³-hybridized carbons (Fsp3) is 0.632. The average molecular weight is 398 g/mol. The van der Waals surface area contributed by atoms with Crippen molar-refractivity contribution in [1.29, 1.82) is 0 Å². The molecule has 0 aromatic heterocycles. The van der Waals surface area contributed by atoms with E-state index in [9.17, 15) is 13.2 Å². The second-order valence-corrected chi connectivity index (χ2v) is 9.73. The van der Waals surface area contributed by atoms with Gasteiger partial charge in [-0.1, -0.05) is 0 Å². The Balaban J connectivity index is 1.88. The van der Waals surface area contributed by atoms with Gasteiger partial charge in [0.05, 0.1) is 13.4 Å². The highest BCUT2D eigenvalue weighted by atomic mass is 32.2. The summed E-state index contributed by atoms with van der Waals surface area (Å²) in [7, 11) is -1.71. The van der Waals surface area contributed by atoms with Crippen molar-refractivity contribution in [1.82, 2.24) is 9.21 Å². The molecule has 0 N–H and O–H groups in total. The summed E-state index contributed by atoms with van der Waals surface area (Å²) < 4.78 is 30.6. The molecule has 1 amide bonds. The molecule has 1 fully saturated rings. The molecule has 152 valence electrons. The lowest BCUT2D eigenvalue weighted by Gasteiger charge is -2.37. The van der Waals surface area contributed by atoms with Gasteiger partial charge in [-0.2, -0.15) is 4.31 Å². The van der Waals surface area contributed by atoms with Crippen LogP contribution in [0.1, 0.15) is 27.2 Å². The maximum Gasteiger partial charge on any atom is 0.224 e. The molecule has 0 unspecified atom stereocenters. The molecule has 0 radical (unpaired) electrons. The summed E-state index contributed by atoms with van der Waals surface area (Å²) in [6.45, 7) is 8.52. The van der Waals surface area contributed by atoms with E-state index in [-0.39, 0.29) is 18.9 Å². The topological polar surface area (TPSA) is 70.2 Å². The lowest BCUT2D eigenvalue weighted by Crippen LogP contribution is -2.50.